The Kier molecular flexibility index (Phi) is 6.29. The van der Waals surface area contributed by atoms with Crippen LogP contribution in [0.25, 0.3) is 0 Å². The molecule has 1 aliphatic rings. The van der Waals surface area contributed by atoms with Gasteiger partial charge in [-0.2, -0.15) is 0 Å². The summed E-state index contributed by atoms with van der Waals surface area (Å²) in [5, 5.41) is 0. The van der Waals surface area contributed by atoms with Crippen LogP contribution in [0.1, 0.15) is 12.5 Å². The number of morpholine rings is 1. The Balaban J connectivity index is 2.15. The SMILES string of the molecule is CC(=O)O[C@H](C(=O)N1CCOCC1)[C@H](C=O)Cc1ccccc1. The molecule has 0 radical (unpaired) electrons. The van der Waals surface area contributed by atoms with E-state index in [1.165, 1.54) is 6.92 Å². The van der Waals surface area contributed by atoms with E-state index >= 15 is 0 Å². The van der Waals surface area contributed by atoms with E-state index in [0.29, 0.717) is 39.0 Å². The molecule has 6 nitrogen and oxygen atoms in total. The van der Waals surface area contributed by atoms with Gasteiger partial charge in [-0.3, -0.25) is 9.59 Å². The molecule has 1 aromatic rings. The van der Waals surface area contributed by atoms with Crippen LogP contribution < -0.4 is 0 Å². The number of hydrogen-bond donors (Lipinski definition) is 0. The third kappa shape index (κ3) is 4.89. The van der Waals surface area contributed by atoms with E-state index in [0.717, 1.165) is 5.56 Å². The second-order valence-corrected chi connectivity index (χ2v) is 5.46. The molecule has 0 bridgehead atoms. The number of carbonyl (C=O) groups excluding carboxylic acids is 3. The maximum absolute atomic E-state index is 12.7. The monoisotopic (exact) mass is 319 g/mol. The van der Waals surface area contributed by atoms with E-state index in [1.54, 1.807) is 4.90 Å². The van der Waals surface area contributed by atoms with Gasteiger partial charge in [-0.15, -0.1) is 0 Å². The van der Waals surface area contributed by atoms with Gasteiger partial charge in [-0.25, -0.2) is 0 Å². The zero-order chi connectivity index (χ0) is 16.7. The van der Waals surface area contributed by atoms with Crippen molar-refractivity contribution in [3.63, 3.8) is 0 Å². The predicted octanol–water partition coefficient (Wildman–Crippen LogP) is 0.835. The minimum Gasteiger partial charge on any atom is -0.452 e. The number of aldehydes is 1. The van der Waals surface area contributed by atoms with Crippen LogP contribution in [-0.4, -0.2) is 55.5 Å². The Bertz CT molecular complexity index is 539. The van der Waals surface area contributed by atoms with E-state index in [1.807, 2.05) is 30.3 Å². The summed E-state index contributed by atoms with van der Waals surface area (Å²) in [6.45, 7) is 3.01. The first-order chi connectivity index (χ1) is 11.1. The number of esters is 1. The highest BCUT2D eigenvalue weighted by Crippen LogP contribution is 2.17. The maximum Gasteiger partial charge on any atom is 0.303 e. The van der Waals surface area contributed by atoms with Crippen molar-refractivity contribution >= 4 is 18.2 Å². The van der Waals surface area contributed by atoms with Gasteiger partial charge in [0.05, 0.1) is 19.1 Å². The molecule has 1 heterocycles. The number of nitrogens with zero attached hydrogens (tertiary/aromatic N) is 1. The Labute approximate surface area is 135 Å². The molecule has 1 fully saturated rings. The molecule has 2 rings (SSSR count). The Hall–Kier alpha value is -2.21. The van der Waals surface area contributed by atoms with E-state index in [2.05, 4.69) is 0 Å². The summed E-state index contributed by atoms with van der Waals surface area (Å²) >= 11 is 0. The van der Waals surface area contributed by atoms with Gasteiger partial charge in [0, 0.05) is 20.0 Å². The fourth-order valence-electron chi connectivity index (χ4n) is 2.58. The average molecular weight is 319 g/mol. The third-order valence-electron chi connectivity index (χ3n) is 3.74. The smallest absolute Gasteiger partial charge is 0.303 e. The molecule has 0 aromatic heterocycles. The molecule has 1 aliphatic heterocycles. The minimum absolute atomic E-state index is 0.337. The maximum atomic E-state index is 12.7. The Morgan fingerprint density at radius 1 is 1.26 bits per heavy atom. The van der Waals surface area contributed by atoms with Gasteiger partial charge in [0.25, 0.3) is 5.91 Å². The number of amides is 1. The van der Waals surface area contributed by atoms with E-state index in [4.69, 9.17) is 9.47 Å². The summed E-state index contributed by atoms with van der Waals surface area (Å²) in [5.74, 6) is -1.62. The molecule has 1 saturated heterocycles. The number of carbonyl (C=O) groups is 3. The van der Waals surface area contributed by atoms with Crippen LogP contribution in [0, 0.1) is 5.92 Å². The van der Waals surface area contributed by atoms with Crippen LogP contribution in [-0.2, 0) is 30.3 Å². The summed E-state index contributed by atoms with van der Waals surface area (Å²) < 4.78 is 10.4. The normalized spacial score (nSPS) is 17.2. The van der Waals surface area contributed by atoms with Crippen LogP contribution in [0.3, 0.4) is 0 Å². The van der Waals surface area contributed by atoms with Crippen molar-refractivity contribution in [2.75, 3.05) is 26.3 Å². The van der Waals surface area contributed by atoms with Crippen LogP contribution in [0.2, 0.25) is 0 Å². The molecule has 0 N–H and O–H groups in total. The number of rotatable bonds is 6. The van der Waals surface area contributed by atoms with Gasteiger partial charge in [-0.05, 0) is 12.0 Å². The van der Waals surface area contributed by atoms with Crippen molar-refractivity contribution in [1.29, 1.82) is 0 Å². The van der Waals surface area contributed by atoms with Crippen LogP contribution in [0.15, 0.2) is 30.3 Å². The summed E-state index contributed by atoms with van der Waals surface area (Å²) in [4.78, 5) is 37.2. The van der Waals surface area contributed by atoms with E-state index in [-0.39, 0.29) is 5.91 Å². The molecule has 0 unspecified atom stereocenters. The molecular weight excluding hydrogens is 298 g/mol. The van der Waals surface area contributed by atoms with Gasteiger partial charge >= 0.3 is 5.97 Å². The number of ether oxygens (including phenoxy) is 2. The van der Waals surface area contributed by atoms with E-state index < -0.39 is 18.0 Å². The fraction of sp³-hybridized carbons (Fsp3) is 0.471. The molecule has 124 valence electrons. The first kappa shape index (κ1) is 17.1. The van der Waals surface area contributed by atoms with Crippen LogP contribution >= 0.6 is 0 Å². The highest BCUT2D eigenvalue weighted by molar-refractivity contribution is 5.86. The lowest BCUT2D eigenvalue weighted by Crippen LogP contribution is -2.49. The Morgan fingerprint density at radius 2 is 1.91 bits per heavy atom. The molecule has 0 saturated carbocycles. The molecule has 2 atom stereocenters. The average Bonchev–Trinajstić information content (AvgIpc) is 2.59. The zero-order valence-corrected chi connectivity index (χ0v) is 13.1. The van der Waals surface area contributed by atoms with Crippen molar-refractivity contribution in [2.45, 2.75) is 19.4 Å². The van der Waals surface area contributed by atoms with Crippen molar-refractivity contribution in [3.05, 3.63) is 35.9 Å². The lowest BCUT2D eigenvalue weighted by atomic mass is 9.94. The lowest BCUT2D eigenvalue weighted by molar-refractivity contribution is -0.164. The summed E-state index contributed by atoms with van der Waals surface area (Å²) in [7, 11) is 0. The summed E-state index contributed by atoms with van der Waals surface area (Å²) in [6, 6.07) is 9.35. The fourth-order valence-corrected chi connectivity index (χ4v) is 2.58. The lowest BCUT2D eigenvalue weighted by Gasteiger charge is -2.31. The zero-order valence-electron chi connectivity index (χ0n) is 13.1. The first-order valence-corrected chi connectivity index (χ1v) is 7.65. The molecule has 1 amide bonds. The second kappa shape index (κ2) is 8.43. The topological polar surface area (TPSA) is 72.9 Å². The van der Waals surface area contributed by atoms with Gasteiger partial charge in [0.2, 0.25) is 0 Å². The van der Waals surface area contributed by atoms with Gasteiger partial charge in [-0.1, -0.05) is 30.3 Å². The summed E-state index contributed by atoms with van der Waals surface area (Å²) in [5.41, 5.74) is 0.913. The van der Waals surface area contributed by atoms with Crippen molar-refractivity contribution in [2.24, 2.45) is 5.92 Å². The Morgan fingerprint density at radius 3 is 2.48 bits per heavy atom. The molecular formula is C17H21NO5. The number of hydrogen-bond acceptors (Lipinski definition) is 5. The molecule has 1 aromatic carbocycles. The quantitative estimate of drug-likeness (QED) is 0.574. The third-order valence-corrected chi connectivity index (χ3v) is 3.74. The van der Waals surface area contributed by atoms with E-state index in [9.17, 15) is 14.4 Å². The molecule has 0 spiro atoms. The van der Waals surface area contributed by atoms with Gasteiger partial charge in [0.15, 0.2) is 6.10 Å². The highest BCUT2D eigenvalue weighted by atomic mass is 16.5. The van der Waals surface area contributed by atoms with Crippen LogP contribution in [0.5, 0.6) is 0 Å². The summed E-state index contributed by atoms with van der Waals surface area (Å²) in [6.07, 6.45) is -0.0552. The second-order valence-electron chi connectivity index (χ2n) is 5.46. The largest absolute Gasteiger partial charge is 0.452 e. The molecule has 23 heavy (non-hydrogen) atoms. The highest BCUT2D eigenvalue weighted by Gasteiger charge is 2.35. The minimum atomic E-state index is -1.09. The van der Waals surface area contributed by atoms with Gasteiger partial charge in [0.1, 0.15) is 6.29 Å². The standard InChI is InChI=1S/C17H21NO5/c1-13(20)23-16(17(21)18-7-9-22-10-8-18)15(12-19)11-14-5-3-2-4-6-14/h2-6,12,15-16H,7-11H2,1H3/t15-,16-/m0/s1. The van der Waals surface area contributed by atoms with Crippen molar-refractivity contribution in [1.82, 2.24) is 4.90 Å². The molecule has 0 aliphatic carbocycles. The predicted molar refractivity (Wildman–Crippen MR) is 82.7 cm³/mol. The molecule has 6 heteroatoms. The van der Waals surface area contributed by atoms with Crippen molar-refractivity contribution in [3.8, 4) is 0 Å². The van der Waals surface area contributed by atoms with Crippen molar-refractivity contribution < 1.29 is 23.9 Å². The number of benzene rings is 1. The first-order valence-electron chi connectivity index (χ1n) is 7.65. The van der Waals surface area contributed by atoms with Crippen LogP contribution in [0.4, 0.5) is 0 Å². The van der Waals surface area contributed by atoms with Gasteiger partial charge < -0.3 is 19.2 Å².